The van der Waals surface area contributed by atoms with Crippen molar-refractivity contribution < 1.29 is 0 Å². The number of hydrogen-bond acceptors (Lipinski definition) is 6. The summed E-state index contributed by atoms with van der Waals surface area (Å²) in [7, 11) is 2.18. The van der Waals surface area contributed by atoms with Gasteiger partial charge in [0.25, 0.3) is 0 Å². The first-order valence-electron chi connectivity index (χ1n) is 11.9. The van der Waals surface area contributed by atoms with Gasteiger partial charge in [0.15, 0.2) is 0 Å². The molecule has 0 spiro atoms. The SMILES string of the molecule is CN1c2ccccc2SC1C=C1C=C(Sc2ccc(N=C=S)cc2)N(c2ccccc2)c2ccccc21. The fourth-order valence-corrected chi connectivity index (χ4v) is 6.96. The Morgan fingerprint density at radius 3 is 2.32 bits per heavy atom. The van der Waals surface area contributed by atoms with Gasteiger partial charge in [-0.15, -0.1) is 0 Å². The molecule has 2 aliphatic heterocycles. The van der Waals surface area contributed by atoms with Crippen LogP contribution >= 0.6 is 35.7 Å². The van der Waals surface area contributed by atoms with E-state index in [9.17, 15) is 0 Å². The molecule has 6 rings (SSSR count). The van der Waals surface area contributed by atoms with Crippen molar-refractivity contribution in [2.75, 3.05) is 16.8 Å². The number of benzene rings is 4. The lowest BCUT2D eigenvalue weighted by atomic mass is 9.98. The third-order valence-corrected chi connectivity index (χ3v) is 8.80. The summed E-state index contributed by atoms with van der Waals surface area (Å²) in [5.74, 6) is 0. The molecule has 180 valence electrons. The first-order chi connectivity index (χ1) is 18.2. The molecule has 2 heterocycles. The van der Waals surface area contributed by atoms with E-state index in [1.54, 1.807) is 11.8 Å². The second-order valence-electron chi connectivity index (χ2n) is 8.68. The van der Waals surface area contributed by atoms with Crippen LogP contribution in [0.5, 0.6) is 0 Å². The van der Waals surface area contributed by atoms with Crippen LogP contribution in [0.1, 0.15) is 5.56 Å². The van der Waals surface area contributed by atoms with Gasteiger partial charge >= 0.3 is 0 Å². The van der Waals surface area contributed by atoms with E-state index in [2.05, 4.69) is 130 Å². The molecule has 0 N–H and O–H groups in total. The highest BCUT2D eigenvalue weighted by Gasteiger charge is 2.29. The van der Waals surface area contributed by atoms with Crippen LogP contribution in [0.2, 0.25) is 0 Å². The Hall–Kier alpha value is -3.54. The number of rotatable bonds is 5. The monoisotopic (exact) mass is 533 g/mol. The van der Waals surface area contributed by atoms with Crippen LogP contribution in [-0.4, -0.2) is 17.6 Å². The summed E-state index contributed by atoms with van der Waals surface area (Å²) < 4.78 is 0. The van der Waals surface area contributed by atoms with Crippen molar-refractivity contribution in [1.29, 1.82) is 0 Å². The van der Waals surface area contributed by atoms with Gasteiger partial charge in [-0.2, -0.15) is 4.99 Å². The summed E-state index contributed by atoms with van der Waals surface area (Å²) in [6.07, 6.45) is 4.71. The van der Waals surface area contributed by atoms with Gasteiger partial charge < -0.3 is 9.80 Å². The summed E-state index contributed by atoms with van der Waals surface area (Å²) in [5, 5.41) is 3.81. The van der Waals surface area contributed by atoms with Crippen molar-refractivity contribution in [2.24, 2.45) is 4.99 Å². The molecule has 0 amide bonds. The Balaban J connectivity index is 1.44. The number of aliphatic imine (C=N–C) groups is 1. The number of nitrogens with zero attached hydrogens (tertiary/aromatic N) is 3. The van der Waals surface area contributed by atoms with Gasteiger partial charge in [0, 0.05) is 28.1 Å². The van der Waals surface area contributed by atoms with Crippen LogP contribution in [0.15, 0.2) is 135 Å². The van der Waals surface area contributed by atoms with E-state index in [-0.39, 0.29) is 5.37 Å². The molecule has 4 aromatic rings. The lowest BCUT2D eigenvalue weighted by Crippen LogP contribution is -2.24. The zero-order chi connectivity index (χ0) is 25.2. The average Bonchev–Trinajstić information content (AvgIpc) is 3.25. The molecule has 0 saturated heterocycles. The van der Waals surface area contributed by atoms with Crippen LogP contribution in [-0.2, 0) is 0 Å². The van der Waals surface area contributed by atoms with Gasteiger partial charge in [0.1, 0.15) is 0 Å². The summed E-state index contributed by atoms with van der Waals surface area (Å²) in [6.45, 7) is 0. The standard InChI is InChI=1S/C31H23N3S3/c1-33-28-13-7-8-14-29(28)37-30(33)19-22-20-31(36-25-17-15-23(16-18-25)32-21-35)34(24-9-3-2-4-10-24)27-12-6-5-11-26(22)27/h2-20,30H,1H3. The molecule has 0 aliphatic carbocycles. The Kier molecular flexibility index (Phi) is 6.73. The van der Waals surface area contributed by atoms with Gasteiger partial charge in [-0.3, -0.25) is 0 Å². The van der Waals surface area contributed by atoms with Crippen LogP contribution in [0.25, 0.3) is 5.57 Å². The lowest BCUT2D eigenvalue weighted by Gasteiger charge is -2.33. The molecule has 4 aromatic carbocycles. The van der Waals surface area contributed by atoms with E-state index in [1.807, 2.05) is 23.9 Å². The molecule has 3 nitrogen and oxygen atoms in total. The third-order valence-electron chi connectivity index (χ3n) is 6.40. The summed E-state index contributed by atoms with van der Waals surface area (Å²) in [4.78, 5) is 11.3. The number of allylic oxidation sites excluding steroid dienone is 2. The molecule has 0 saturated carbocycles. The van der Waals surface area contributed by atoms with E-state index < -0.39 is 0 Å². The first-order valence-corrected chi connectivity index (χ1v) is 14.0. The molecule has 0 aromatic heterocycles. The number of para-hydroxylation sites is 3. The topological polar surface area (TPSA) is 18.8 Å². The number of isothiocyanates is 1. The number of fused-ring (bicyclic) bond motifs is 2. The number of likely N-dealkylation sites (N-methyl/N-ethyl adjacent to an activating group) is 1. The highest BCUT2D eigenvalue weighted by Crippen LogP contribution is 2.48. The first kappa shape index (κ1) is 23.8. The Morgan fingerprint density at radius 2 is 1.57 bits per heavy atom. The quantitative estimate of drug-likeness (QED) is 0.188. The normalized spacial score (nSPS) is 17.2. The van der Waals surface area contributed by atoms with E-state index in [4.69, 9.17) is 12.2 Å². The summed E-state index contributed by atoms with van der Waals surface area (Å²) in [6, 6.07) is 36.0. The van der Waals surface area contributed by atoms with Gasteiger partial charge in [0.2, 0.25) is 0 Å². The van der Waals surface area contributed by atoms with E-state index >= 15 is 0 Å². The maximum absolute atomic E-state index is 4.76. The molecule has 1 atom stereocenters. The summed E-state index contributed by atoms with van der Waals surface area (Å²) in [5.41, 5.74) is 6.85. The molecular formula is C31H23N3S3. The highest BCUT2D eigenvalue weighted by atomic mass is 32.2. The van der Waals surface area contributed by atoms with Crippen molar-refractivity contribution in [3.05, 3.63) is 126 Å². The number of thioether (sulfide) groups is 2. The average molecular weight is 534 g/mol. The zero-order valence-electron chi connectivity index (χ0n) is 20.1. The maximum atomic E-state index is 4.76. The third kappa shape index (κ3) is 4.77. The van der Waals surface area contributed by atoms with E-state index in [0.29, 0.717) is 0 Å². The van der Waals surface area contributed by atoms with Crippen molar-refractivity contribution in [3.63, 3.8) is 0 Å². The highest BCUT2D eigenvalue weighted by molar-refractivity contribution is 8.03. The van der Waals surface area contributed by atoms with Gasteiger partial charge in [-0.1, -0.05) is 72.1 Å². The molecule has 0 fully saturated rings. The molecule has 6 heteroatoms. The van der Waals surface area contributed by atoms with Crippen molar-refractivity contribution >= 4 is 69.2 Å². The minimum Gasteiger partial charge on any atom is -0.358 e. The fourth-order valence-electron chi connectivity index (χ4n) is 4.62. The van der Waals surface area contributed by atoms with Gasteiger partial charge in [-0.05, 0) is 84.5 Å². The Morgan fingerprint density at radius 1 is 0.865 bits per heavy atom. The lowest BCUT2D eigenvalue weighted by molar-refractivity contribution is 0.991. The van der Waals surface area contributed by atoms with Crippen molar-refractivity contribution in [3.8, 4) is 0 Å². The number of thiocarbonyl (C=S) groups is 1. The predicted octanol–water partition coefficient (Wildman–Crippen LogP) is 9.16. The Bertz CT molecular complexity index is 1550. The van der Waals surface area contributed by atoms with Gasteiger partial charge in [0.05, 0.1) is 32.6 Å². The van der Waals surface area contributed by atoms with Crippen LogP contribution in [0.4, 0.5) is 22.7 Å². The molecule has 0 radical (unpaired) electrons. The predicted molar refractivity (Wildman–Crippen MR) is 163 cm³/mol. The van der Waals surface area contributed by atoms with E-state index in [1.165, 1.54) is 27.4 Å². The number of hydrogen-bond donors (Lipinski definition) is 0. The molecule has 0 bridgehead atoms. The smallest absolute Gasteiger partial charge is 0.0988 e. The second-order valence-corrected chi connectivity index (χ2v) is 11.1. The van der Waals surface area contributed by atoms with Crippen LogP contribution in [0, 0.1) is 0 Å². The number of anilines is 3. The molecule has 37 heavy (non-hydrogen) atoms. The zero-order valence-corrected chi connectivity index (χ0v) is 22.6. The largest absolute Gasteiger partial charge is 0.358 e. The van der Waals surface area contributed by atoms with E-state index in [0.717, 1.165) is 21.3 Å². The van der Waals surface area contributed by atoms with Gasteiger partial charge in [-0.25, -0.2) is 0 Å². The summed E-state index contributed by atoms with van der Waals surface area (Å²) >= 11 is 8.40. The van der Waals surface area contributed by atoms with Crippen LogP contribution < -0.4 is 9.80 Å². The van der Waals surface area contributed by atoms with Crippen molar-refractivity contribution in [1.82, 2.24) is 0 Å². The van der Waals surface area contributed by atoms with Crippen LogP contribution in [0.3, 0.4) is 0 Å². The molecular weight excluding hydrogens is 511 g/mol. The minimum atomic E-state index is 0.220. The van der Waals surface area contributed by atoms with Crippen molar-refractivity contribution in [2.45, 2.75) is 15.2 Å². The molecule has 2 aliphatic rings. The molecule has 1 unspecified atom stereocenters. The fraction of sp³-hybridized carbons (Fsp3) is 0.0645. The second kappa shape index (κ2) is 10.4. The maximum Gasteiger partial charge on any atom is 0.0988 e. The minimum absolute atomic E-state index is 0.220. The Labute approximate surface area is 231 Å².